The number of hydrogen-bond acceptors (Lipinski definition) is 5. The summed E-state index contributed by atoms with van der Waals surface area (Å²) in [6.07, 6.45) is 3.38. The molecule has 0 aromatic carbocycles. The van der Waals surface area contributed by atoms with E-state index < -0.39 is 5.41 Å². The molecule has 0 aromatic heterocycles. The maximum absolute atomic E-state index is 13.3. The molecule has 1 atom stereocenters. The Morgan fingerprint density at radius 1 is 1.15 bits per heavy atom. The molecule has 0 aliphatic carbocycles. The zero-order valence-corrected chi connectivity index (χ0v) is 16.5. The largest absolute Gasteiger partial charge is 0.384 e. The minimum Gasteiger partial charge on any atom is -0.384 e. The van der Waals surface area contributed by atoms with Crippen molar-refractivity contribution in [3.63, 3.8) is 0 Å². The predicted octanol–water partition coefficient (Wildman–Crippen LogP) is 0.522. The Kier molecular flexibility index (Phi) is 8.13. The SMILES string of the molecule is COCC1(C(=O)N2CCCC(C(=O)N3CCOCC3)C2)CCNCC1.Cl. The van der Waals surface area contributed by atoms with Gasteiger partial charge in [-0.05, 0) is 38.8 Å². The number of nitrogens with one attached hydrogen (secondary N) is 1. The summed E-state index contributed by atoms with van der Waals surface area (Å²) >= 11 is 0. The van der Waals surface area contributed by atoms with E-state index in [1.807, 2.05) is 9.80 Å². The highest BCUT2D eigenvalue weighted by Crippen LogP contribution is 2.33. The van der Waals surface area contributed by atoms with Gasteiger partial charge in [-0.25, -0.2) is 0 Å². The standard InChI is InChI=1S/C18H31N3O4.ClH/c1-24-14-18(4-6-19-7-5-18)17(23)21-8-2-3-15(13-21)16(22)20-9-11-25-12-10-20;/h15,19H,2-14H2,1H3;1H. The van der Waals surface area contributed by atoms with Crippen LogP contribution < -0.4 is 5.32 Å². The monoisotopic (exact) mass is 389 g/mol. The molecule has 1 N–H and O–H groups in total. The lowest BCUT2D eigenvalue weighted by atomic mass is 9.77. The number of carbonyl (C=O) groups excluding carboxylic acids is 2. The van der Waals surface area contributed by atoms with Gasteiger partial charge in [0.15, 0.2) is 0 Å². The molecule has 3 heterocycles. The molecule has 0 aromatic rings. The van der Waals surface area contributed by atoms with Crippen molar-refractivity contribution >= 4 is 24.2 Å². The van der Waals surface area contributed by atoms with Crippen molar-refractivity contribution in [1.29, 1.82) is 0 Å². The van der Waals surface area contributed by atoms with Gasteiger partial charge >= 0.3 is 0 Å². The van der Waals surface area contributed by atoms with Crippen molar-refractivity contribution in [2.45, 2.75) is 25.7 Å². The number of ether oxygens (including phenoxy) is 2. The van der Waals surface area contributed by atoms with Gasteiger partial charge in [-0.2, -0.15) is 0 Å². The number of nitrogens with zero attached hydrogens (tertiary/aromatic N) is 2. The molecule has 1 unspecified atom stereocenters. The summed E-state index contributed by atoms with van der Waals surface area (Å²) in [7, 11) is 1.66. The zero-order chi connectivity index (χ0) is 17.7. The van der Waals surface area contributed by atoms with Crippen LogP contribution in [0.4, 0.5) is 0 Å². The third-order valence-corrected chi connectivity index (χ3v) is 5.82. The van der Waals surface area contributed by atoms with E-state index in [0.717, 1.165) is 45.3 Å². The van der Waals surface area contributed by atoms with E-state index in [-0.39, 0.29) is 30.1 Å². The number of piperidine rings is 2. The first-order valence-electron chi connectivity index (χ1n) is 9.52. The molecular weight excluding hydrogens is 358 g/mol. The Morgan fingerprint density at radius 3 is 2.50 bits per heavy atom. The van der Waals surface area contributed by atoms with Crippen molar-refractivity contribution in [1.82, 2.24) is 15.1 Å². The van der Waals surface area contributed by atoms with Gasteiger partial charge in [0.25, 0.3) is 0 Å². The third kappa shape index (κ3) is 4.68. The quantitative estimate of drug-likeness (QED) is 0.759. The number of amides is 2. The molecule has 0 bridgehead atoms. The van der Waals surface area contributed by atoms with Gasteiger partial charge in [-0.1, -0.05) is 0 Å². The fourth-order valence-electron chi connectivity index (χ4n) is 4.34. The van der Waals surface area contributed by atoms with Gasteiger partial charge < -0.3 is 24.6 Å². The minimum atomic E-state index is -0.427. The second-order valence-corrected chi connectivity index (χ2v) is 7.49. The molecule has 3 fully saturated rings. The number of methoxy groups -OCH3 is 1. The van der Waals surface area contributed by atoms with Crippen LogP contribution in [0.5, 0.6) is 0 Å². The molecule has 3 aliphatic rings. The van der Waals surface area contributed by atoms with Crippen molar-refractivity contribution in [3.05, 3.63) is 0 Å². The summed E-state index contributed by atoms with van der Waals surface area (Å²) in [6, 6.07) is 0. The Bertz CT molecular complexity index is 474. The summed E-state index contributed by atoms with van der Waals surface area (Å²) in [5, 5.41) is 3.33. The maximum atomic E-state index is 13.3. The number of likely N-dealkylation sites (tertiary alicyclic amines) is 1. The fraction of sp³-hybridized carbons (Fsp3) is 0.889. The van der Waals surface area contributed by atoms with Crippen LogP contribution in [0.25, 0.3) is 0 Å². The molecule has 0 saturated carbocycles. The molecule has 7 nitrogen and oxygen atoms in total. The average Bonchev–Trinajstić information content (AvgIpc) is 2.68. The molecule has 3 rings (SSSR count). The Morgan fingerprint density at radius 2 is 1.85 bits per heavy atom. The normalized spacial score (nSPS) is 26.1. The van der Waals surface area contributed by atoms with E-state index >= 15 is 0 Å². The Labute approximate surface area is 162 Å². The number of rotatable bonds is 4. The van der Waals surface area contributed by atoms with Crippen molar-refractivity contribution < 1.29 is 19.1 Å². The molecule has 3 saturated heterocycles. The van der Waals surface area contributed by atoms with Crippen LogP contribution in [0.3, 0.4) is 0 Å². The summed E-state index contributed by atoms with van der Waals surface area (Å²) in [6.45, 7) is 6.03. The van der Waals surface area contributed by atoms with Crippen LogP contribution in [0.2, 0.25) is 0 Å². The lowest BCUT2D eigenvalue weighted by molar-refractivity contribution is -0.152. The lowest BCUT2D eigenvalue weighted by Gasteiger charge is -2.42. The average molecular weight is 390 g/mol. The molecule has 150 valence electrons. The topological polar surface area (TPSA) is 71.1 Å². The van der Waals surface area contributed by atoms with Gasteiger partial charge in [-0.3, -0.25) is 9.59 Å². The highest BCUT2D eigenvalue weighted by atomic mass is 35.5. The second kappa shape index (κ2) is 9.88. The van der Waals surface area contributed by atoms with E-state index in [1.54, 1.807) is 7.11 Å². The molecule has 0 spiro atoms. The fourth-order valence-corrected chi connectivity index (χ4v) is 4.34. The summed E-state index contributed by atoms with van der Waals surface area (Å²) in [5.74, 6) is 0.291. The highest BCUT2D eigenvalue weighted by Gasteiger charge is 2.44. The summed E-state index contributed by atoms with van der Waals surface area (Å²) < 4.78 is 10.7. The van der Waals surface area contributed by atoms with Crippen molar-refractivity contribution in [2.24, 2.45) is 11.3 Å². The first-order valence-corrected chi connectivity index (χ1v) is 9.52. The van der Waals surface area contributed by atoms with Gasteiger partial charge in [0.2, 0.25) is 11.8 Å². The number of halogens is 1. The van der Waals surface area contributed by atoms with E-state index in [1.165, 1.54) is 0 Å². The van der Waals surface area contributed by atoms with Crippen LogP contribution in [0.1, 0.15) is 25.7 Å². The van der Waals surface area contributed by atoms with Crippen LogP contribution in [0.15, 0.2) is 0 Å². The van der Waals surface area contributed by atoms with Crippen LogP contribution in [-0.2, 0) is 19.1 Å². The Balaban J connectivity index is 0.00000243. The predicted molar refractivity (Wildman–Crippen MR) is 100 cm³/mol. The molecule has 8 heteroatoms. The van der Waals surface area contributed by atoms with E-state index in [9.17, 15) is 9.59 Å². The zero-order valence-electron chi connectivity index (χ0n) is 15.7. The second-order valence-electron chi connectivity index (χ2n) is 7.49. The molecule has 26 heavy (non-hydrogen) atoms. The number of morpholine rings is 1. The summed E-state index contributed by atoms with van der Waals surface area (Å²) in [4.78, 5) is 29.9. The minimum absolute atomic E-state index is 0. The van der Waals surface area contributed by atoms with Crippen LogP contribution in [0, 0.1) is 11.3 Å². The molecule has 2 amide bonds. The highest BCUT2D eigenvalue weighted by molar-refractivity contribution is 5.85. The molecule has 3 aliphatic heterocycles. The summed E-state index contributed by atoms with van der Waals surface area (Å²) in [5.41, 5.74) is -0.427. The van der Waals surface area contributed by atoms with Gasteiger partial charge in [0.1, 0.15) is 0 Å². The van der Waals surface area contributed by atoms with E-state index in [2.05, 4.69) is 5.32 Å². The third-order valence-electron chi connectivity index (χ3n) is 5.82. The van der Waals surface area contributed by atoms with Crippen LogP contribution >= 0.6 is 12.4 Å². The lowest BCUT2D eigenvalue weighted by Crippen LogP contribution is -2.55. The van der Waals surface area contributed by atoms with Gasteiger partial charge in [0.05, 0.1) is 31.2 Å². The van der Waals surface area contributed by atoms with Gasteiger partial charge in [-0.15, -0.1) is 12.4 Å². The van der Waals surface area contributed by atoms with Gasteiger partial charge in [0, 0.05) is 33.3 Å². The van der Waals surface area contributed by atoms with Crippen molar-refractivity contribution in [2.75, 3.05) is 66.2 Å². The first kappa shape index (κ1) is 21.4. The smallest absolute Gasteiger partial charge is 0.231 e. The molecular formula is C18H32ClN3O4. The molecule has 0 radical (unpaired) electrons. The van der Waals surface area contributed by atoms with Crippen molar-refractivity contribution in [3.8, 4) is 0 Å². The maximum Gasteiger partial charge on any atom is 0.231 e. The first-order chi connectivity index (χ1) is 12.2. The van der Waals surface area contributed by atoms with E-state index in [0.29, 0.717) is 39.5 Å². The van der Waals surface area contributed by atoms with E-state index in [4.69, 9.17) is 9.47 Å². The van der Waals surface area contributed by atoms with Crippen LogP contribution in [-0.4, -0.2) is 87.8 Å². The Hall–Kier alpha value is -0.890. The number of carbonyl (C=O) groups is 2. The number of hydrogen-bond donors (Lipinski definition) is 1.